The first kappa shape index (κ1) is 14.7. The maximum absolute atomic E-state index is 12.0. The molecular formula is C19H30N2O. The highest BCUT2D eigenvalue weighted by molar-refractivity contribution is 5.76. The Morgan fingerprint density at radius 3 is 2.68 bits per heavy atom. The second kappa shape index (κ2) is 5.99. The van der Waals surface area contributed by atoms with Gasteiger partial charge >= 0.3 is 0 Å². The molecule has 4 rings (SSSR count). The largest absolute Gasteiger partial charge is 0.353 e. The van der Waals surface area contributed by atoms with E-state index in [-0.39, 0.29) is 5.91 Å². The van der Waals surface area contributed by atoms with Gasteiger partial charge in [0.15, 0.2) is 0 Å². The van der Waals surface area contributed by atoms with Crippen LogP contribution in [0.5, 0.6) is 0 Å². The zero-order valence-electron chi connectivity index (χ0n) is 13.7. The molecule has 0 unspecified atom stereocenters. The number of rotatable bonds is 6. The Bertz CT molecular complexity index is 448. The first-order valence-corrected chi connectivity index (χ1v) is 9.46. The van der Waals surface area contributed by atoms with Gasteiger partial charge in [-0.3, -0.25) is 4.79 Å². The van der Waals surface area contributed by atoms with Crippen molar-refractivity contribution in [3.05, 3.63) is 12.2 Å². The van der Waals surface area contributed by atoms with Crippen LogP contribution in [0.4, 0.5) is 0 Å². The van der Waals surface area contributed by atoms with Gasteiger partial charge in [0, 0.05) is 19.0 Å². The molecule has 1 amide bonds. The summed E-state index contributed by atoms with van der Waals surface area (Å²) in [6, 6.07) is 0.451. The second-order valence-electron chi connectivity index (χ2n) is 8.10. The van der Waals surface area contributed by atoms with Crippen molar-refractivity contribution in [2.75, 3.05) is 13.1 Å². The highest BCUT2D eigenvalue weighted by Gasteiger charge is 2.62. The Labute approximate surface area is 134 Å². The summed E-state index contributed by atoms with van der Waals surface area (Å²) in [4.78, 5) is 12.0. The number of hydrogen-bond donors (Lipinski definition) is 2. The van der Waals surface area contributed by atoms with Crippen LogP contribution >= 0.6 is 0 Å². The SMILES string of the molecule is O=C(CCNC[C@@H]1C[C@@H]2C=C[C@@H]1C21CC1)NC1CCCCC1. The van der Waals surface area contributed by atoms with Crippen molar-refractivity contribution in [3.8, 4) is 0 Å². The van der Waals surface area contributed by atoms with Gasteiger partial charge in [-0.1, -0.05) is 31.4 Å². The van der Waals surface area contributed by atoms with Crippen molar-refractivity contribution in [2.45, 2.75) is 63.8 Å². The van der Waals surface area contributed by atoms with Crippen LogP contribution in [0.3, 0.4) is 0 Å². The number of allylic oxidation sites excluding steroid dienone is 2. The minimum absolute atomic E-state index is 0.242. The van der Waals surface area contributed by atoms with Crippen molar-refractivity contribution in [1.82, 2.24) is 10.6 Å². The number of amides is 1. The highest BCUT2D eigenvalue weighted by atomic mass is 16.1. The summed E-state index contributed by atoms with van der Waals surface area (Å²) in [7, 11) is 0. The van der Waals surface area contributed by atoms with Crippen molar-refractivity contribution in [1.29, 1.82) is 0 Å². The van der Waals surface area contributed by atoms with E-state index in [1.54, 1.807) is 0 Å². The minimum Gasteiger partial charge on any atom is -0.353 e. The van der Waals surface area contributed by atoms with E-state index in [1.165, 1.54) is 51.4 Å². The van der Waals surface area contributed by atoms with Gasteiger partial charge in [-0.05, 0) is 61.8 Å². The van der Waals surface area contributed by atoms with Gasteiger partial charge in [0.1, 0.15) is 0 Å². The first-order chi connectivity index (χ1) is 10.8. The quantitative estimate of drug-likeness (QED) is 0.585. The van der Waals surface area contributed by atoms with E-state index in [0.29, 0.717) is 17.9 Å². The number of carbonyl (C=O) groups excluding carboxylic acids is 1. The van der Waals surface area contributed by atoms with Crippen LogP contribution < -0.4 is 10.6 Å². The molecule has 122 valence electrons. The van der Waals surface area contributed by atoms with Crippen LogP contribution in [0.2, 0.25) is 0 Å². The maximum atomic E-state index is 12.0. The summed E-state index contributed by atoms with van der Waals surface area (Å²) in [6.45, 7) is 1.94. The average molecular weight is 302 g/mol. The fourth-order valence-electron chi connectivity index (χ4n) is 5.39. The van der Waals surface area contributed by atoms with E-state index in [0.717, 1.165) is 30.8 Å². The van der Waals surface area contributed by atoms with Gasteiger partial charge in [0.25, 0.3) is 0 Å². The van der Waals surface area contributed by atoms with E-state index < -0.39 is 0 Å². The lowest BCUT2D eigenvalue weighted by Gasteiger charge is -2.23. The van der Waals surface area contributed by atoms with E-state index >= 15 is 0 Å². The summed E-state index contributed by atoms with van der Waals surface area (Å²) in [5, 5.41) is 6.76. The topological polar surface area (TPSA) is 41.1 Å². The molecule has 3 atom stereocenters. The molecule has 3 fully saturated rings. The van der Waals surface area contributed by atoms with E-state index in [9.17, 15) is 4.79 Å². The second-order valence-corrected chi connectivity index (χ2v) is 8.10. The molecule has 1 spiro atoms. The third-order valence-corrected chi connectivity index (χ3v) is 6.75. The molecule has 0 aromatic carbocycles. The summed E-state index contributed by atoms with van der Waals surface area (Å²) >= 11 is 0. The Morgan fingerprint density at radius 2 is 1.95 bits per heavy atom. The molecule has 22 heavy (non-hydrogen) atoms. The summed E-state index contributed by atoms with van der Waals surface area (Å²) < 4.78 is 0. The molecule has 4 aliphatic carbocycles. The fourth-order valence-corrected chi connectivity index (χ4v) is 5.39. The molecule has 0 aromatic rings. The molecule has 2 N–H and O–H groups in total. The van der Waals surface area contributed by atoms with Crippen LogP contribution in [0.1, 0.15) is 57.8 Å². The predicted molar refractivity (Wildman–Crippen MR) is 88.4 cm³/mol. The molecule has 0 saturated heterocycles. The average Bonchev–Trinajstić information content (AvgIpc) is 3.20. The molecule has 0 aliphatic heterocycles. The standard InChI is InChI=1S/C19H30N2O/c22-18(21-16-4-2-1-3-5-16)8-11-20-13-14-12-15-6-7-17(14)19(15)9-10-19/h6-7,14-17,20H,1-5,8-13H2,(H,21,22)/t14-,15-,17-/m0/s1. The molecule has 4 aliphatic rings. The van der Waals surface area contributed by atoms with Crippen LogP contribution in [0.25, 0.3) is 0 Å². The lowest BCUT2D eigenvalue weighted by Crippen LogP contribution is -2.38. The fraction of sp³-hybridized carbons (Fsp3) is 0.842. The molecule has 0 radical (unpaired) electrons. The normalized spacial score (nSPS) is 35.2. The van der Waals surface area contributed by atoms with Gasteiger partial charge < -0.3 is 10.6 Å². The van der Waals surface area contributed by atoms with Crippen LogP contribution in [-0.4, -0.2) is 25.0 Å². The molecule has 2 bridgehead atoms. The zero-order chi connectivity index (χ0) is 15.0. The lowest BCUT2D eigenvalue weighted by molar-refractivity contribution is -0.121. The van der Waals surface area contributed by atoms with Crippen molar-refractivity contribution < 1.29 is 4.79 Å². The zero-order valence-corrected chi connectivity index (χ0v) is 13.7. The van der Waals surface area contributed by atoms with Gasteiger partial charge in [-0.25, -0.2) is 0 Å². The predicted octanol–water partition coefficient (Wildman–Crippen LogP) is 3.02. The van der Waals surface area contributed by atoms with E-state index in [1.807, 2.05) is 0 Å². The van der Waals surface area contributed by atoms with Gasteiger partial charge in [0.2, 0.25) is 5.91 Å². The van der Waals surface area contributed by atoms with Crippen LogP contribution in [0, 0.1) is 23.2 Å². The number of carbonyl (C=O) groups is 1. The summed E-state index contributed by atoms with van der Waals surface area (Å²) in [5.74, 6) is 2.77. The third-order valence-electron chi connectivity index (χ3n) is 6.75. The Morgan fingerprint density at radius 1 is 1.14 bits per heavy atom. The van der Waals surface area contributed by atoms with Crippen molar-refractivity contribution in [2.24, 2.45) is 23.2 Å². The highest BCUT2D eigenvalue weighted by Crippen LogP contribution is 2.69. The minimum atomic E-state index is 0.242. The summed E-state index contributed by atoms with van der Waals surface area (Å²) in [6.07, 6.45) is 16.2. The number of hydrogen-bond acceptors (Lipinski definition) is 2. The Balaban J connectivity index is 1.13. The molecule has 0 heterocycles. The van der Waals surface area contributed by atoms with E-state index in [4.69, 9.17) is 0 Å². The Hall–Kier alpha value is -0.830. The van der Waals surface area contributed by atoms with Crippen LogP contribution in [-0.2, 0) is 4.79 Å². The number of nitrogens with one attached hydrogen (secondary N) is 2. The molecule has 0 aromatic heterocycles. The first-order valence-electron chi connectivity index (χ1n) is 9.46. The molecule has 3 nitrogen and oxygen atoms in total. The van der Waals surface area contributed by atoms with E-state index in [2.05, 4.69) is 22.8 Å². The smallest absolute Gasteiger partial charge is 0.221 e. The molecular weight excluding hydrogens is 272 g/mol. The molecule has 3 saturated carbocycles. The molecule has 3 heteroatoms. The monoisotopic (exact) mass is 302 g/mol. The van der Waals surface area contributed by atoms with Crippen molar-refractivity contribution >= 4 is 5.91 Å². The Kier molecular flexibility index (Phi) is 4.02. The lowest BCUT2D eigenvalue weighted by atomic mass is 9.89. The third kappa shape index (κ3) is 2.73. The summed E-state index contributed by atoms with van der Waals surface area (Å²) in [5.41, 5.74) is 0.699. The van der Waals surface area contributed by atoms with Crippen molar-refractivity contribution in [3.63, 3.8) is 0 Å². The van der Waals surface area contributed by atoms with Gasteiger partial charge in [0.05, 0.1) is 0 Å². The van der Waals surface area contributed by atoms with Gasteiger partial charge in [-0.2, -0.15) is 0 Å². The maximum Gasteiger partial charge on any atom is 0.221 e. The van der Waals surface area contributed by atoms with Gasteiger partial charge in [-0.15, -0.1) is 0 Å². The van der Waals surface area contributed by atoms with Crippen LogP contribution in [0.15, 0.2) is 12.2 Å².